The molecule has 0 bridgehead atoms. The van der Waals surface area contributed by atoms with Crippen molar-refractivity contribution >= 4 is 29.3 Å². The minimum Gasteiger partial charge on any atom is -0.449 e. The third-order valence-electron chi connectivity index (χ3n) is 7.20. The Labute approximate surface area is 235 Å². The number of halogens is 6. The molecular formula is C27H31Cl2F4N3O3. The summed E-state index contributed by atoms with van der Waals surface area (Å²) in [5.74, 6) is -1.49. The molecule has 12 heteroatoms. The number of carbonyl (C=O) groups excluding carboxylic acids is 1. The maximum absolute atomic E-state index is 14.2. The zero-order valence-corrected chi connectivity index (χ0v) is 23.0. The van der Waals surface area contributed by atoms with Gasteiger partial charge in [0.25, 0.3) is 0 Å². The van der Waals surface area contributed by atoms with Gasteiger partial charge < -0.3 is 14.4 Å². The predicted octanol–water partition coefficient (Wildman–Crippen LogP) is 5.91. The van der Waals surface area contributed by atoms with Crippen LogP contribution in [0.1, 0.15) is 29.0 Å². The summed E-state index contributed by atoms with van der Waals surface area (Å²) >= 11 is 12.4. The van der Waals surface area contributed by atoms with E-state index in [0.29, 0.717) is 48.3 Å². The molecule has 2 heterocycles. The lowest BCUT2D eigenvalue weighted by Gasteiger charge is -2.29. The van der Waals surface area contributed by atoms with E-state index in [-0.39, 0.29) is 25.1 Å². The number of likely N-dealkylation sites (N-methyl/N-ethyl adjacent to an activating group) is 1. The smallest absolute Gasteiger partial charge is 0.419 e. The quantitative estimate of drug-likeness (QED) is 0.282. The highest BCUT2D eigenvalue weighted by Crippen LogP contribution is 2.36. The van der Waals surface area contributed by atoms with E-state index < -0.39 is 23.7 Å². The van der Waals surface area contributed by atoms with Gasteiger partial charge in [-0.15, -0.1) is 0 Å². The standard InChI is InChI=1S/C27H31Cl2F4N3O3/c1-34(15-18-3-5-21(24(30)13-18)27(31,32)33)25-17-36(16-20(25)19-4-6-22(28)23(29)14-19)26(37)39-10-2-7-35-8-11-38-12-9-35/h3-6,13-14,20,25H,2,7-12,15-17H2,1H3/t20-,25+/m1/s1. The van der Waals surface area contributed by atoms with Gasteiger partial charge in [0.15, 0.2) is 0 Å². The van der Waals surface area contributed by atoms with Crippen molar-refractivity contribution in [3.05, 3.63) is 69.0 Å². The Hall–Kier alpha value is -2.11. The molecule has 4 rings (SSSR count). The SMILES string of the molecule is CN(Cc1ccc(C(F)(F)F)c(F)c1)[C@H]1CN(C(=O)OCCCN2CCOCC2)C[C@@H]1c1ccc(Cl)c(Cl)c1. The molecule has 2 aromatic rings. The normalized spacial score (nSPS) is 20.6. The fourth-order valence-corrected chi connectivity index (χ4v) is 5.42. The van der Waals surface area contributed by atoms with Crippen molar-refractivity contribution in [2.24, 2.45) is 0 Å². The van der Waals surface area contributed by atoms with E-state index in [1.807, 2.05) is 11.0 Å². The molecule has 39 heavy (non-hydrogen) atoms. The second-order valence-electron chi connectivity index (χ2n) is 9.90. The van der Waals surface area contributed by atoms with Crippen LogP contribution in [0.25, 0.3) is 0 Å². The van der Waals surface area contributed by atoms with E-state index in [4.69, 9.17) is 32.7 Å². The van der Waals surface area contributed by atoms with Gasteiger partial charge in [-0.1, -0.05) is 35.3 Å². The molecule has 1 amide bonds. The second kappa shape index (κ2) is 13.0. The van der Waals surface area contributed by atoms with Gasteiger partial charge in [0.1, 0.15) is 5.82 Å². The zero-order valence-electron chi connectivity index (χ0n) is 21.5. The second-order valence-corrected chi connectivity index (χ2v) is 10.7. The summed E-state index contributed by atoms with van der Waals surface area (Å²) in [5.41, 5.74) is -0.0477. The molecule has 214 valence electrons. The molecule has 0 saturated carbocycles. The first kappa shape index (κ1) is 29.9. The average molecular weight is 592 g/mol. The first-order valence-electron chi connectivity index (χ1n) is 12.8. The molecule has 2 saturated heterocycles. The first-order chi connectivity index (χ1) is 18.5. The van der Waals surface area contributed by atoms with Gasteiger partial charge in [0.2, 0.25) is 0 Å². The average Bonchev–Trinajstić information content (AvgIpc) is 3.34. The monoisotopic (exact) mass is 591 g/mol. The van der Waals surface area contributed by atoms with E-state index >= 15 is 0 Å². The van der Waals surface area contributed by atoms with E-state index in [1.54, 1.807) is 24.1 Å². The van der Waals surface area contributed by atoms with Crippen LogP contribution in [0.2, 0.25) is 10.0 Å². The number of alkyl halides is 3. The molecule has 0 spiro atoms. The van der Waals surface area contributed by atoms with E-state index in [9.17, 15) is 22.4 Å². The van der Waals surface area contributed by atoms with Crippen molar-refractivity contribution < 1.29 is 31.8 Å². The predicted molar refractivity (Wildman–Crippen MR) is 141 cm³/mol. The van der Waals surface area contributed by atoms with Crippen LogP contribution in [0.4, 0.5) is 22.4 Å². The Morgan fingerprint density at radius 1 is 1.10 bits per heavy atom. The molecule has 0 aliphatic carbocycles. The third-order valence-corrected chi connectivity index (χ3v) is 7.94. The first-order valence-corrected chi connectivity index (χ1v) is 13.5. The zero-order chi connectivity index (χ0) is 28.2. The lowest BCUT2D eigenvalue weighted by atomic mass is 9.93. The van der Waals surface area contributed by atoms with Crippen LogP contribution in [-0.4, -0.2) is 86.4 Å². The molecule has 0 N–H and O–H groups in total. The number of amides is 1. The maximum atomic E-state index is 14.2. The Balaban J connectivity index is 1.43. The summed E-state index contributed by atoms with van der Waals surface area (Å²) in [6, 6.07) is 7.99. The Bertz CT molecular complexity index is 1150. The number of carbonyl (C=O) groups is 1. The molecule has 2 aromatic carbocycles. The highest BCUT2D eigenvalue weighted by atomic mass is 35.5. The number of ether oxygens (including phenoxy) is 2. The summed E-state index contributed by atoms with van der Waals surface area (Å²) < 4.78 is 64.1. The largest absolute Gasteiger partial charge is 0.449 e. The fourth-order valence-electron chi connectivity index (χ4n) is 5.11. The van der Waals surface area contributed by atoms with Gasteiger partial charge in [0.05, 0.1) is 35.4 Å². The molecular weight excluding hydrogens is 561 g/mol. The van der Waals surface area contributed by atoms with Gasteiger partial charge in [-0.2, -0.15) is 13.2 Å². The van der Waals surface area contributed by atoms with Crippen molar-refractivity contribution in [1.82, 2.24) is 14.7 Å². The van der Waals surface area contributed by atoms with Crippen LogP contribution in [-0.2, 0) is 22.2 Å². The highest BCUT2D eigenvalue weighted by Gasteiger charge is 2.39. The van der Waals surface area contributed by atoms with Crippen molar-refractivity contribution in [3.63, 3.8) is 0 Å². The topological polar surface area (TPSA) is 45.2 Å². The number of morpholine rings is 1. The van der Waals surface area contributed by atoms with Crippen molar-refractivity contribution in [3.8, 4) is 0 Å². The number of likely N-dealkylation sites (tertiary alicyclic amines) is 1. The van der Waals surface area contributed by atoms with Crippen molar-refractivity contribution in [2.75, 3.05) is 59.6 Å². The van der Waals surface area contributed by atoms with E-state index in [0.717, 1.165) is 37.3 Å². The van der Waals surface area contributed by atoms with E-state index in [1.165, 1.54) is 6.07 Å². The molecule has 0 unspecified atom stereocenters. The van der Waals surface area contributed by atoms with Crippen LogP contribution in [0, 0.1) is 5.82 Å². The summed E-state index contributed by atoms with van der Waals surface area (Å²) in [5, 5.41) is 0.782. The summed E-state index contributed by atoms with van der Waals surface area (Å²) in [4.78, 5) is 18.7. The molecule has 2 aliphatic rings. The minimum absolute atomic E-state index is 0.176. The van der Waals surface area contributed by atoms with Crippen LogP contribution in [0.15, 0.2) is 36.4 Å². The summed E-state index contributed by atoms with van der Waals surface area (Å²) in [7, 11) is 1.79. The number of benzene rings is 2. The maximum Gasteiger partial charge on any atom is 0.419 e. The fraction of sp³-hybridized carbons (Fsp3) is 0.519. The van der Waals surface area contributed by atoms with Crippen molar-refractivity contribution in [1.29, 1.82) is 0 Å². The number of nitrogens with zero attached hydrogens (tertiary/aromatic N) is 3. The minimum atomic E-state index is -4.76. The molecule has 6 nitrogen and oxygen atoms in total. The molecule has 0 radical (unpaired) electrons. The molecule has 2 aliphatic heterocycles. The van der Waals surface area contributed by atoms with Crippen LogP contribution >= 0.6 is 23.2 Å². The number of hydrogen-bond donors (Lipinski definition) is 0. The molecule has 2 fully saturated rings. The number of rotatable bonds is 8. The Morgan fingerprint density at radius 2 is 1.85 bits per heavy atom. The van der Waals surface area contributed by atoms with Gasteiger partial charge in [-0.25, -0.2) is 9.18 Å². The summed E-state index contributed by atoms with van der Waals surface area (Å²) in [6.07, 6.45) is -4.49. The van der Waals surface area contributed by atoms with Crippen LogP contribution in [0.5, 0.6) is 0 Å². The number of hydrogen-bond acceptors (Lipinski definition) is 5. The van der Waals surface area contributed by atoms with Crippen molar-refractivity contribution in [2.45, 2.75) is 31.1 Å². The summed E-state index contributed by atoms with van der Waals surface area (Å²) in [6.45, 7) is 5.11. The molecule has 0 aromatic heterocycles. The van der Waals surface area contributed by atoms with E-state index in [2.05, 4.69) is 4.90 Å². The Kier molecular flexibility index (Phi) is 9.98. The van der Waals surface area contributed by atoms with Crippen LogP contribution in [0.3, 0.4) is 0 Å². The van der Waals surface area contributed by atoms with Crippen LogP contribution < -0.4 is 0 Å². The van der Waals surface area contributed by atoms with Gasteiger partial charge in [-0.3, -0.25) is 9.80 Å². The highest BCUT2D eigenvalue weighted by molar-refractivity contribution is 6.42. The van der Waals surface area contributed by atoms with Gasteiger partial charge >= 0.3 is 12.3 Å². The lowest BCUT2D eigenvalue weighted by Crippen LogP contribution is -2.38. The van der Waals surface area contributed by atoms with Gasteiger partial charge in [0, 0.05) is 51.2 Å². The molecule has 2 atom stereocenters. The Morgan fingerprint density at radius 3 is 2.51 bits per heavy atom. The van der Waals surface area contributed by atoms with Gasteiger partial charge in [-0.05, 0) is 48.9 Å². The third kappa shape index (κ3) is 7.76. The lowest BCUT2D eigenvalue weighted by molar-refractivity contribution is -0.140.